The normalized spacial score (nSPS) is 15.7. The predicted octanol–water partition coefficient (Wildman–Crippen LogP) is 4.26. The standard InChI is InChI=1S/C21H23F3N2O3/c1-14-4-3-5-17(12-14)29-15(2)20(27)25-18-13-16(21(22,23)24)6-7-19(18)26-8-10-28-11-9-26/h3-7,12-13,15H,8-11H2,1-2H3,(H,25,27). The number of ether oxygens (including phenoxy) is 2. The molecule has 1 aliphatic heterocycles. The Balaban J connectivity index is 1.81. The third-order valence-electron chi connectivity index (χ3n) is 4.61. The van der Waals surface area contributed by atoms with Gasteiger partial charge in [0.15, 0.2) is 6.10 Å². The van der Waals surface area contributed by atoms with Gasteiger partial charge < -0.3 is 19.7 Å². The van der Waals surface area contributed by atoms with E-state index in [-0.39, 0.29) is 5.69 Å². The molecule has 1 unspecified atom stereocenters. The summed E-state index contributed by atoms with van der Waals surface area (Å²) in [5, 5.41) is 2.61. The Morgan fingerprint density at radius 3 is 2.55 bits per heavy atom. The summed E-state index contributed by atoms with van der Waals surface area (Å²) >= 11 is 0. The first-order valence-corrected chi connectivity index (χ1v) is 9.32. The van der Waals surface area contributed by atoms with E-state index in [1.165, 1.54) is 6.07 Å². The lowest BCUT2D eigenvalue weighted by Gasteiger charge is -2.31. The molecule has 1 N–H and O–H groups in total. The van der Waals surface area contributed by atoms with E-state index in [1.54, 1.807) is 25.1 Å². The van der Waals surface area contributed by atoms with Crippen molar-refractivity contribution in [2.24, 2.45) is 0 Å². The first kappa shape index (κ1) is 21.0. The highest BCUT2D eigenvalue weighted by atomic mass is 19.4. The van der Waals surface area contributed by atoms with E-state index in [0.29, 0.717) is 37.7 Å². The van der Waals surface area contributed by atoms with Gasteiger partial charge >= 0.3 is 6.18 Å². The number of benzene rings is 2. The van der Waals surface area contributed by atoms with Crippen molar-refractivity contribution in [2.45, 2.75) is 26.1 Å². The van der Waals surface area contributed by atoms with Gasteiger partial charge in [-0.1, -0.05) is 12.1 Å². The molecule has 1 aliphatic rings. The Morgan fingerprint density at radius 2 is 1.90 bits per heavy atom. The molecule has 0 aromatic heterocycles. The van der Waals surface area contributed by atoms with Gasteiger partial charge in [0, 0.05) is 13.1 Å². The minimum atomic E-state index is -4.51. The Bertz CT molecular complexity index is 864. The predicted molar refractivity (Wildman–Crippen MR) is 104 cm³/mol. The van der Waals surface area contributed by atoms with Crippen LogP contribution in [0.4, 0.5) is 24.5 Å². The van der Waals surface area contributed by atoms with E-state index in [1.807, 2.05) is 17.9 Å². The third-order valence-corrected chi connectivity index (χ3v) is 4.61. The molecular formula is C21H23F3N2O3. The molecule has 0 radical (unpaired) electrons. The van der Waals surface area contributed by atoms with Gasteiger partial charge in [-0.15, -0.1) is 0 Å². The van der Waals surface area contributed by atoms with Crippen molar-refractivity contribution in [1.82, 2.24) is 0 Å². The number of hydrogen-bond donors (Lipinski definition) is 1. The maximum absolute atomic E-state index is 13.2. The van der Waals surface area contributed by atoms with Gasteiger partial charge in [0.2, 0.25) is 0 Å². The summed E-state index contributed by atoms with van der Waals surface area (Å²) < 4.78 is 50.5. The van der Waals surface area contributed by atoms with E-state index in [0.717, 1.165) is 17.7 Å². The van der Waals surface area contributed by atoms with Crippen molar-refractivity contribution < 1.29 is 27.4 Å². The van der Waals surface area contributed by atoms with Gasteiger partial charge in [-0.25, -0.2) is 0 Å². The quantitative estimate of drug-likeness (QED) is 0.804. The molecule has 0 bridgehead atoms. The minimum Gasteiger partial charge on any atom is -0.481 e. The summed E-state index contributed by atoms with van der Waals surface area (Å²) in [5.74, 6) is -0.00886. The number of amides is 1. The van der Waals surface area contributed by atoms with Crippen LogP contribution < -0.4 is 15.0 Å². The van der Waals surface area contributed by atoms with Gasteiger partial charge in [0.05, 0.1) is 30.2 Å². The number of aryl methyl sites for hydroxylation is 1. The molecule has 0 aliphatic carbocycles. The van der Waals surface area contributed by atoms with Crippen LogP contribution in [0.5, 0.6) is 5.75 Å². The molecule has 1 amide bonds. The second-order valence-electron chi connectivity index (χ2n) is 6.89. The van der Waals surface area contributed by atoms with Crippen molar-refractivity contribution in [3.8, 4) is 5.75 Å². The second kappa shape index (κ2) is 8.73. The van der Waals surface area contributed by atoms with Gasteiger partial charge in [-0.05, 0) is 49.7 Å². The summed E-state index contributed by atoms with van der Waals surface area (Å²) in [6, 6.07) is 10.6. The zero-order valence-corrected chi connectivity index (χ0v) is 16.3. The number of halogens is 3. The number of nitrogens with one attached hydrogen (secondary N) is 1. The van der Waals surface area contributed by atoms with Crippen LogP contribution in [0.15, 0.2) is 42.5 Å². The van der Waals surface area contributed by atoms with Crippen LogP contribution >= 0.6 is 0 Å². The maximum Gasteiger partial charge on any atom is 0.416 e. The third kappa shape index (κ3) is 5.41. The van der Waals surface area contributed by atoms with E-state index in [2.05, 4.69) is 5.32 Å². The second-order valence-corrected chi connectivity index (χ2v) is 6.89. The van der Waals surface area contributed by atoms with Crippen LogP contribution in [0.3, 0.4) is 0 Å². The average Bonchev–Trinajstić information content (AvgIpc) is 2.68. The molecule has 2 aromatic rings. The fraction of sp³-hybridized carbons (Fsp3) is 0.381. The van der Waals surface area contributed by atoms with Crippen LogP contribution in [0, 0.1) is 6.92 Å². The number of alkyl halides is 3. The van der Waals surface area contributed by atoms with E-state index in [9.17, 15) is 18.0 Å². The molecule has 3 rings (SSSR count). The zero-order valence-electron chi connectivity index (χ0n) is 16.3. The average molecular weight is 408 g/mol. The van der Waals surface area contributed by atoms with Gasteiger partial charge in [-0.2, -0.15) is 13.2 Å². The largest absolute Gasteiger partial charge is 0.481 e. The lowest BCUT2D eigenvalue weighted by molar-refractivity contribution is -0.137. The smallest absolute Gasteiger partial charge is 0.416 e. The number of carbonyl (C=O) groups excluding carboxylic acids is 1. The monoisotopic (exact) mass is 408 g/mol. The number of carbonyl (C=O) groups is 1. The van der Waals surface area contributed by atoms with Crippen molar-refractivity contribution in [3.63, 3.8) is 0 Å². The van der Waals surface area contributed by atoms with Crippen LogP contribution in [0.1, 0.15) is 18.1 Å². The molecule has 0 spiro atoms. The van der Waals surface area contributed by atoms with Crippen molar-refractivity contribution >= 4 is 17.3 Å². The molecule has 156 valence electrons. The van der Waals surface area contributed by atoms with E-state index < -0.39 is 23.8 Å². The Morgan fingerprint density at radius 1 is 1.17 bits per heavy atom. The zero-order chi connectivity index (χ0) is 21.0. The molecule has 5 nitrogen and oxygen atoms in total. The minimum absolute atomic E-state index is 0.103. The highest BCUT2D eigenvalue weighted by Gasteiger charge is 2.32. The number of hydrogen-bond acceptors (Lipinski definition) is 4. The van der Waals surface area contributed by atoms with Gasteiger partial charge in [-0.3, -0.25) is 4.79 Å². The molecule has 29 heavy (non-hydrogen) atoms. The Kier molecular flexibility index (Phi) is 6.32. The SMILES string of the molecule is Cc1cccc(OC(C)C(=O)Nc2cc(C(F)(F)F)ccc2N2CCOCC2)c1. The summed E-state index contributed by atoms with van der Waals surface area (Å²) in [4.78, 5) is 14.5. The van der Waals surface area contributed by atoms with Crippen LogP contribution in [-0.2, 0) is 15.7 Å². The van der Waals surface area contributed by atoms with Crippen LogP contribution in [-0.4, -0.2) is 38.3 Å². The molecule has 0 saturated carbocycles. The van der Waals surface area contributed by atoms with E-state index >= 15 is 0 Å². The highest BCUT2D eigenvalue weighted by molar-refractivity contribution is 5.97. The molecule has 8 heteroatoms. The number of morpholine rings is 1. The summed E-state index contributed by atoms with van der Waals surface area (Å²) in [7, 11) is 0. The van der Waals surface area contributed by atoms with Gasteiger partial charge in [0.25, 0.3) is 5.91 Å². The summed E-state index contributed by atoms with van der Waals surface area (Å²) in [6.07, 6.45) is -5.39. The van der Waals surface area contributed by atoms with Crippen molar-refractivity contribution in [2.75, 3.05) is 36.5 Å². The van der Waals surface area contributed by atoms with Crippen LogP contribution in [0.2, 0.25) is 0 Å². The fourth-order valence-corrected chi connectivity index (χ4v) is 3.07. The molecular weight excluding hydrogens is 385 g/mol. The number of anilines is 2. The molecule has 2 aromatic carbocycles. The Hall–Kier alpha value is -2.74. The Labute approximate surface area is 167 Å². The van der Waals surface area contributed by atoms with Crippen molar-refractivity contribution in [3.05, 3.63) is 53.6 Å². The summed E-state index contributed by atoms with van der Waals surface area (Å²) in [5.41, 5.74) is 0.781. The lowest BCUT2D eigenvalue weighted by Crippen LogP contribution is -2.37. The van der Waals surface area contributed by atoms with Crippen molar-refractivity contribution in [1.29, 1.82) is 0 Å². The summed E-state index contributed by atoms with van der Waals surface area (Å²) in [6.45, 7) is 5.46. The maximum atomic E-state index is 13.2. The fourth-order valence-electron chi connectivity index (χ4n) is 3.07. The van der Waals surface area contributed by atoms with E-state index in [4.69, 9.17) is 9.47 Å². The number of nitrogens with zero attached hydrogens (tertiary/aromatic N) is 1. The molecule has 1 atom stereocenters. The molecule has 1 fully saturated rings. The first-order chi connectivity index (χ1) is 13.7. The molecule has 1 saturated heterocycles. The van der Waals surface area contributed by atoms with Gasteiger partial charge in [0.1, 0.15) is 5.75 Å². The molecule has 1 heterocycles. The first-order valence-electron chi connectivity index (χ1n) is 9.32. The topological polar surface area (TPSA) is 50.8 Å². The highest BCUT2D eigenvalue weighted by Crippen LogP contribution is 2.36. The number of rotatable bonds is 5. The lowest BCUT2D eigenvalue weighted by atomic mass is 10.1. The van der Waals surface area contributed by atoms with Crippen LogP contribution in [0.25, 0.3) is 0 Å².